The Kier molecular flexibility index (Phi) is 5.39. The van der Waals surface area contributed by atoms with Crippen LogP contribution in [0, 0.1) is 0 Å². The maximum absolute atomic E-state index is 13.1. The van der Waals surface area contributed by atoms with Gasteiger partial charge in [-0.05, 0) is 5.56 Å². The summed E-state index contributed by atoms with van der Waals surface area (Å²) in [7, 11) is 0. The van der Waals surface area contributed by atoms with Gasteiger partial charge in [0, 0.05) is 31.0 Å². The van der Waals surface area contributed by atoms with Gasteiger partial charge in [0.15, 0.2) is 0 Å². The van der Waals surface area contributed by atoms with Crippen LogP contribution in [0.15, 0.2) is 30.3 Å². The Bertz CT molecular complexity index is 461. The fourth-order valence-corrected chi connectivity index (χ4v) is 3.01. The molecule has 2 amide bonds. The van der Waals surface area contributed by atoms with Crippen molar-refractivity contribution in [1.82, 2.24) is 10.2 Å². The number of hydrogen-bond acceptors (Lipinski definition) is 2. The highest BCUT2D eigenvalue weighted by atomic mass is 32.2. The van der Waals surface area contributed by atoms with Crippen molar-refractivity contribution >= 4 is 17.8 Å². The summed E-state index contributed by atoms with van der Waals surface area (Å²) in [6.07, 6.45) is -4.71. The van der Waals surface area contributed by atoms with Gasteiger partial charge in [0.25, 0.3) is 0 Å². The number of hydrogen-bond donors (Lipinski definition) is 1. The average molecular weight is 318 g/mol. The molecule has 0 saturated carbocycles. The van der Waals surface area contributed by atoms with E-state index in [-0.39, 0.29) is 6.42 Å². The molecule has 1 aliphatic heterocycles. The number of urea groups is 1. The van der Waals surface area contributed by atoms with E-state index in [1.807, 2.05) is 0 Å². The fourth-order valence-electron chi connectivity index (χ4n) is 2.11. The SMILES string of the molecule is O=C(NC(Cc1ccccc1)C(F)(F)F)N1CCSCC1. The van der Waals surface area contributed by atoms with Crippen molar-refractivity contribution in [2.75, 3.05) is 24.6 Å². The lowest BCUT2D eigenvalue weighted by atomic mass is 10.1. The van der Waals surface area contributed by atoms with Gasteiger partial charge < -0.3 is 10.2 Å². The summed E-state index contributed by atoms with van der Waals surface area (Å²) in [4.78, 5) is 13.4. The molecule has 7 heteroatoms. The summed E-state index contributed by atoms with van der Waals surface area (Å²) >= 11 is 1.70. The Balaban J connectivity index is 2.01. The zero-order valence-electron chi connectivity index (χ0n) is 11.4. The molecule has 0 aliphatic carbocycles. The van der Waals surface area contributed by atoms with E-state index in [0.29, 0.717) is 18.7 Å². The summed E-state index contributed by atoms with van der Waals surface area (Å²) in [5.41, 5.74) is 0.550. The smallest absolute Gasteiger partial charge is 0.326 e. The molecule has 1 fully saturated rings. The largest absolute Gasteiger partial charge is 0.408 e. The first-order valence-electron chi connectivity index (χ1n) is 6.70. The highest BCUT2D eigenvalue weighted by molar-refractivity contribution is 7.99. The van der Waals surface area contributed by atoms with Crippen LogP contribution in [0.4, 0.5) is 18.0 Å². The molecule has 1 heterocycles. The fraction of sp³-hybridized carbons (Fsp3) is 0.500. The van der Waals surface area contributed by atoms with E-state index >= 15 is 0 Å². The van der Waals surface area contributed by atoms with E-state index in [9.17, 15) is 18.0 Å². The number of nitrogens with zero attached hydrogens (tertiary/aromatic N) is 1. The van der Waals surface area contributed by atoms with Crippen molar-refractivity contribution in [1.29, 1.82) is 0 Å². The van der Waals surface area contributed by atoms with Crippen molar-refractivity contribution in [3.8, 4) is 0 Å². The number of nitrogens with one attached hydrogen (secondary N) is 1. The van der Waals surface area contributed by atoms with Crippen LogP contribution >= 0.6 is 11.8 Å². The Morgan fingerprint density at radius 3 is 2.43 bits per heavy atom. The van der Waals surface area contributed by atoms with Crippen LogP contribution in [0.3, 0.4) is 0 Å². The van der Waals surface area contributed by atoms with Gasteiger partial charge >= 0.3 is 12.2 Å². The van der Waals surface area contributed by atoms with Crippen molar-refractivity contribution in [2.24, 2.45) is 0 Å². The van der Waals surface area contributed by atoms with Crippen LogP contribution in [0.1, 0.15) is 5.56 Å². The maximum Gasteiger partial charge on any atom is 0.408 e. The molecule has 1 aromatic carbocycles. The Labute approximate surface area is 125 Å². The number of rotatable bonds is 3. The zero-order valence-corrected chi connectivity index (χ0v) is 12.2. The minimum absolute atomic E-state index is 0.251. The highest BCUT2D eigenvalue weighted by Crippen LogP contribution is 2.23. The monoisotopic (exact) mass is 318 g/mol. The van der Waals surface area contributed by atoms with Crippen molar-refractivity contribution in [2.45, 2.75) is 18.6 Å². The number of carbonyl (C=O) groups excluding carboxylic acids is 1. The summed E-state index contributed by atoms with van der Waals surface area (Å²) < 4.78 is 39.3. The van der Waals surface area contributed by atoms with E-state index < -0.39 is 18.2 Å². The second-order valence-corrected chi connectivity index (χ2v) is 6.06. The van der Waals surface area contributed by atoms with Crippen LogP contribution in [-0.2, 0) is 6.42 Å². The Hall–Kier alpha value is -1.37. The number of thioether (sulfide) groups is 1. The van der Waals surface area contributed by atoms with Crippen LogP contribution in [-0.4, -0.2) is 47.7 Å². The van der Waals surface area contributed by atoms with Crippen LogP contribution in [0.5, 0.6) is 0 Å². The Morgan fingerprint density at radius 1 is 1.24 bits per heavy atom. The van der Waals surface area contributed by atoms with Gasteiger partial charge in [0.1, 0.15) is 6.04 Å². The third-order valence-electron chi connectivity index (χ3n) is 3.27. The predicted molar refractivity (Wildman–Crippen MR) is 77.4 cm³/mol. The van der Waals surface area contributed by atoms with Crippen molar-refractivity contribution in [3.63, 3.8) is 0 Å². The molecule has 1 saturated heterocycles. The molecule has 1 unspecified atom stereocenters. The quantitative estimate of drug-likeness (QED) is 0.929. The summed E-state index contributed by atoms with van der Waals surface area (Å²) in [5.74, 6) is 1.53. The van der Waals surface area contributed by atoms with E-state index in [4.69, 9.17) is 0 Å². The number of halogens is 3. The van der Waals surface area contributed by atoms with E-state index in [2.05, 4.69) is 5.32 Å². The molecule has 1 aromatic rings. The van der Waals surface area contributed by atoms with Gasteiger partial charge in [0.05, 0.1) is 0 Å². The zero-order chi connectivity index (χ0) is 15.3. The van der Waals surface area contributed by atoms with Gasteiger partial charge in [-0.2, -0.15) is 24.9 Å². The molecular weight excluding hydrogens is 301 g/mol. The number of amides is 2. The maximum atomic E-state index is 13.1. The standard InChI is InChI=1S/C14H17F3N2OS/c15-14(16,17)12(10-11-4-2-1-3-5-11)18-13(20)19-6-8-21-9-7-19/h1-5,12H,6-10H2,(H,18,20). The third kappa shape index (κ3) is 4.84. The van der Waals surface area contributed by atoms with Gasteiger partial charge in [0.2, 0.25) is 0 Å². The minimum atomic E-state index is -4.46. The first-order valence-corrected chi connectivity index (χ1v) is 7.86. The van der Waals surface area contributed by atoms with Gasteiger partial charge in [-0.1, -0.05) is 30.3 Å². The van der Waals surface area contributed by atoms with Crippen molar-refractivity contribution in [3.05, 3.63) is 35.9 Å². The lowest BCUT2D eigenvalue weighted by Crippen LogP contribution is -2.53. The lowest BCUT2D eigenvalue weighted by molar-refractivity contribution is -0.153. The molecule has 1 atom stereocenters. The van der Waals surface area contributed by atoms with Crippen molar-refractivity contribution < 1.29 is 18.0 Å². The normalized spacial score (nSPS) is 17.4. The second kappa shape index (κ2) is 7.06. The minimum Gasteiger partial charge on any atom is -0.326 e. The first-order chi connectivity index (χ1) is 9.97. The molecule has 1 aliphatic rings. The van der Waals surface area contributed by atoms with Crippen LogP contribution in [0.2, 0.25) is 0 Å². The number of benzene rings is 1. The summed E-state index contributed by atoms with van der Waals surface area (Å²) in [6, 6.07) is 5.88. The summed E-state index contributed by atoms with van der Waals surface area (Å²) in [5, 5.41) is 2.13. The molecule has 0 bridgehead atoms. The third-order valence-corrected chi connectivity index (χ3v) is 4.22. The van der Waals surface area contributed by atoms with Crippen LogP contribution in [0.25, 0.3) is 0 Å². The second-order valence-electron chi connectivity index (χ2n) is 4.83. The predicted octanol–water partition coefficient (Wildman–Crippen LogP) is 2.92. The molecule has 0 spiro atoms. The number of carbonyl (C=O) groups is 1. The summed E-state index contributed by atoms with van der Waals surface area (Å²) in [6.45, 7) is 0.985. The topological polar surface area (TPSA) is 32.3 Å². The van der Waals surface area contributed by atoms with Gasteiger partial charge in [-0.25, -0.2) is 4.79 Å². The lowest BCUT2D eigenvalue weighted by Gasteiger charge is -2.30. The number of alkyl halides is 3. The van der Waals surface area contributed by atoms with E-state index in [1.165, 1.54) is 4.90 Å². The molecule has 21 heavy (non-hydrogen) atoms. The highest BCUT2D eigenvalue weighted by Gasteiger charge is 2.41. The Morgan fingerprint density at radius 2 is 1.86 bits per heavy atom. The molecular formula is C14H17F3N2OS. The molecule has 116 valence electrons. The van der Waals surface area contributed by atoms with E-state index in [1.54, 1.807) is 42.1 Å². The van der Waals surface area contributed by atoms with Crippen LogP contribution < -0.4 is 5.32 Å². The molecule has 2 rings (SSSR count). The van der Waals surface area contributed by atoms with E-state index in [0.717, 1.165) is 11.5 Å². The first kappa shape index (κ1) is 16.0. The molecule has 1 N–H and O–H groups in total. The average Bonchev–Trinajstić information content (AvgIpc) is 2.47. The van der Waals surface area contributed by atoms with Gasteiger partial charge in [-0.15, -0.1) is 0 Å². The van der Waals surface area contributed by atoms with Gasteiger partial charge in [-0.3, -0.25) is 0 Å². The molecule has 3 nitrogen and oxygen atoms in total. The molecule has 0 aromatic heterocycles. The molecule has 0 radical (unpaired) electrons.